The fourth-order valence-corrected chi connectivity index (χ4v) is 4.90. The minimum Gasteiger partial charge on any atom is -0.467 e. The first-order valence-electron chi connectivity index (χ1n) is 9.26. The first kappa shape index (κ1) is 16.6. The van der Waals surface area contributed by atoms with E-state index in [1.165, 1.54) is 19.6 Å². The van der Waals surface area contributed by atoms with E-state index in [1.54, 1.807) is 17.0 Å². The molecule has 25 heavy (non-hydrogen) atoms. The quantitative estimate of drug-likeness (QED) is 0.790. The van der Waals surface area contributed by atoms with Crippen molar-refractivity contribution in [3.8, 4) is 0 Å². The van der Waals surface area contributed by atoms with Crippen molar-refractivity contribution in [2.45, 2.75) is 56.5 Å². The second-order valence-electron chi connectivity index (χ2n) is 7.60. The third kappa shape index (κ3) is 2.83. The van der Waals surface area contributed by atoms with Crippen LogP contribution in [0.1, 0.15) is 50.0 Å². The van der Waals surface area contributed by atoms with E-state index >= 15 is 0 Å². The molecule has 0 N–H and O–H groups in total. The number of carbonyl (C=O) groups is 2. The summed E-state index contributed by atoms with van der Waals surface area (Å²) in [5.74, 6) is -0.417. The summed E-state index contributed by atoms with van der Waals surface area (Å²) in [4.78, 5) is 27.2. The average Bonchev–Trinajstić information content (AvgIpc) is 3.33. The van der Waals surface area contributed by atoms with Gasteiger partial charge in [0.2, 0.25) is 5.91 Å². The summed E-state index contributed by atoms with van der Waals surface area (Å²) in [5.41, 5.74) is 0.620. The van der Waals surface area contributed by atoms with E-state index in [9.17, 15) is 14.0 Å². The van der Waals surface area contributed by atoms with Gasteiger partial charge in [-0.1, -0.05) is 31.0 Å². The number of benzene rings is 1. The van der Waals surface area contributed by atoms with Crippen molar-refractivity contribution >= 4 is 11.9 Å². The maximum Gasteiger partial charge on any atom is 0.328 e. The number of fused-ring (bicyclic) bond motifs is 1. The molecular formula is C20H24FNO3. The van der Waals surface area contributed by atoms with Gasteiger partial charge in [-0.15, -0.1) is 0 Å². The number of likely N-dealkylation sites (tertiary alicyclic amines) is 1. The Morgan fingerprint density at radius 3 is 2.68 bits per heavy atom. The van der Waals surface area contributed by atoms with Gasteiger partial charge in [-0.25, -0.2) is 9.18 Å². The molecule has 1 heterocycles. The van der Waals surface area contributed by atoms with Crippen molar-refractivity contribution in [3.05, 3.63) is 35.6 Å². The summed E-state index contributed by atoms with van der Waals surface area (Å²) in [6.45, 7) is 0. The Labute approximate surface area is 147 Å². The molecule has 0 radical (unpaired) electrons. The average molecular weight is 345 g/mol. The largest absolute Gasteiger partial charge is 0.467 e. The molecule has 0 spiro atoms. The second kappa shape index (κ2) is 6.43. The van der Waals surface area contributed by atoms with Crippen LogP contribution in [0.15, 0.2) is 24.3 Å². The van der Waals surface area contributed by atoms with E-state index in [4.69, 9.17) is 4.74 Å². The first-order valence-corrected chi connectivity index (χ1v) is 9.26. The lowest BCUT2D eigenvalue weighted by Crippen LogP contribution is -2.47. The number of esters is 1. The fraction of sp³-hybridized carbons (Fsp3) is 0.600. The number of methoxy groups -OCH3 is 1. The molecular weight excluding hydrogens is 321 g/mol. The van der Waals surface area contributed by atoms with Crippen molar-refractivity contribution < 1.29 is 18.7 Å². The lowest BCUT2D eigenvalue weighted by molar-refractivity contribution is -0.153. The molecule has 1 aromatic rings. The highest BCUT2D eigenvalue weighted by Gasteiger charge is 2.54. The van der Waals surface area contributed by atoms with Crippen molar-refractivity contribution in [2.24, 2.45) is 11.8 Å². The third-order valence-corrected chi connectivity index (χ3v) is 6.23. The number of hydrogen-bond acceptors (Lipinski definition) is 3. The number of hydrogen-bond donors (Lipinski definition) is 0. The maximum atomic E-state index is 14.0. The van der Waals surface area contributed by atoms with Crippen LogP contribution in [-0.2, 0) is 14.3 Å². The Balaban J connectivity index is 1.55. The molecule has 4 rings (SSSR count). The molecule has 5 atom stereocenters. The van der Waals surface area contributed by atoms with E-state index in [1.807, 2.05) is 6.07 Å². The Bertz CT molecular complexity index is 691. The molecule has 0 aromatic heterocycles. The molecule has 3 aliphatic rings. The van der Waals surface area contributed by atoms with Crippen LogP contribution in [0.4, 0.5) is 4.39 Å². The van der Waals surface area contributed by atoms with Gasteiger partial charge in [0.15, 0.2) is 0 Å². The topological polar surface area (TPSA) is 46.6 Å². The van der Waals surface area contributed by atoms with Crippen molar-refractivity contribution in [1.29, 1.82) is 0 Å². The van der Waals surface area contributed by atoms with E-state index in [-0.39, 0.29) is 35.6 Å². The molecule has 3 fully saturated rings. The molecule has 0 unspecified atom stereocenters. The fourth-order valence-electron chi connectivity index (χ4n) is 4.90. The summed E-state index contributed by atoms with van der Waals surface area (Å²) in [6, 6.07) is 6.36. The summed E-state index contributed by atoms with van der Waals surface area (Å²) in [5, 5.41) is 0. The van der Waals surface area contributed by atoms with Crippen LogP contribution < -0.4 is 0 Å². The summed E-state index contributed by atoms with van der Waals surface area (Å²) >= 11 is 0. The highest BCUT2D eigenvalue weighted by atomic mass is 19.1. The standard InChI is InChI=1S/C20H24FNO3/c1-25-20(24)18-10-12-6-2-5-9-17(12)22(18)19(23)15-11-14(15)13-7-3-4-8-16(13)21/h3-4,7-8,12,14-15,17-18H,2,5-6,9-11H2,1H3/t12-,14+,15+,17-,18-/m0/s1. The van der Waals surface area contributed by atoms with Gasteiger partial charge in [0.05, 0.1) is 7.11 Å². The van der Waals surface area contributed by atoms with Crippen LogP contribution >= 0.6 is 0 Å². The van der Waals surface area contributed by atoms with E-state index in [0.29, 0.717) is 24.3 Å². The Hall–Kier alpha value is -1.91. The molecule has 1 saturated heterocycles. The monoisotopic (exact) mass is 345 g/mol. The Kier molecular flexibility index (Phi) is 4.26. The zero-order chi connectivity index (χ0) is 17.6. The van der Waals surface area contributed by atoms with Gasteiger partial charge >= 0.3 is 5.97 Å². The van der Waals surface area contributed by atoms with Gasteiger partial charge in [0.1, 0.15) is 11.9 Å². The molecule has 134 valence electrons. The highest BCUT2D eigenvalue weighted by molar-refractivity contribution is 5.89. The zero-order valence-corrected chi connectivity index (χ0v) is 14.5. The molecule has 0 bridgehead atoms. The zero-order valence-electron chi connectivity index (χ0n) is 14.5. The minimum absolute atomic E-state index is 0.0121. The van der Waals surface area contributed by atoms with Crippen LogP contribution in [0.5, 0.6) is 0 Å². The van der Waals surface area contributed by atoms with E-state index < -0.39 is 6.04 Å². The van der Waals surface area contributed by atoms with Gasteiger partial charge in [-0.3, -0.25) is 4.79 Å². The summed E-state index contributed by atoms with van der Waals surface area (Å²) in [6.07, 6.45) is 5.67. The predicted octanol–water partition coefficient (Wildman–Crippen LogP) is 3.26. The Morgan fingerprint density at radius 1 is 1.16 bits per heavy atom. The highest BCUT2D eigenvalue weighted by Crippen LogP contribution is 2.51. The smallest absolute Gasteiger partial charge is 0.328 e. The molecule has 2 saturated carbocycles. The molecule has 4 nitrogen and oxygen atoms in total. The van der Waals surface area contributed by atoms with Gasteiger partial charge in [-0.05, 0) is 49.1 Å². The van der Waals surface area contributed by atoms with Crippen LogP contribution in [0.2, 0.25) is 0 Å². The molecule has 1 aromatic carbocycles. The SMILES string of the molecule is COC(=O)[C@@H]1C[C@@H]2CCCC[C@@H]2N1C(=O)[C@@H]1C[C@@H]1c1ccccc1F. The van der Waals surface area contributed by atoms with Crippen LogP contribution in [-0.4, -0.2) is 36.0 Å². The van der Waals surface area contributed by atoms with Crippen LogP contribution in [0, 0.1) is 17.7 Å². The number of carbonyl (C=O) groups excluding carboxylic acids is 2. The van der Waals surface area contributed by atoms with Gasteiger partial charge in [0, 0.05) is 12.0 Å². The number of nitrogens with zero attached hydrogens (tertiary/aromatic N) is 1. The predicted molar refractivity (Wildman–Crippen MR) is 90.3 cm³/mol. The molecule has 1 amide bonds. The lowest BCUT2D eigenvalue weighted by Gasteiger charge is -2.33. The second-order valence-corrected chi connectivity index (χ2v) is 7.60. The van der Waals surface area contributed by atoms with Gasteiger partial charge < -0.3 is 9.64 Å². The molecule has 1 aliphatic heterocycles. The van der Waals surface area contributed by atoms with Crippen molar-refractivity contribution in [2.75, 3.05) is 7.11 Å². The number of ether oxygens (including phenoxy) is 1. The minimum atomic E-state index is -0.465. The van der Waals surface area contributed by atoms with Gasteiger partial charge in [-0.2, -0.15) is 0 Å². The van der Waals surface area contributed by atoms with Gasteiger partial charge in [0.25, 0.3) is 0 Å². The van der Waals surface area contributed by atoms with Crippen LogP contribution in [0.3, 0.4) is 0 Å². The van der Waals surface area contributed by atoms with Crippen LogP contribution in [0.25, 0.3) is 0 Å². The van der Waals surface area contributed by atoms with E-state index in [2.05, 4.69) is 0 Å². The summed E-state index contributed by atoms with van der Waals surface area (Å²) in [7, 11) is 1.38. The third-order valence-electron chi connectivity index (χ3n) is 6.23. The van der Waals surface area contributed by atoms with Crippen molar-refractivity contribution in [3.63, 3.8) is 0 Å². The lowest BCUT2D eigenvalue weighted by atomic mass is 9.84. The van der Waals surface area contributed by atoms with Crippen molar-refractivity contribution in [1.82, 2.24) is 4.90 Å². The molecule has 2 aliphatic carbocycles. The Morgan fingerprint density at radius 2 is 1.92 bits per heavy atom. The summed E-state index contributed by atoms with van der Waals surface area (Å²) < 4.78 is 19.0. The number of amides is 1. The number of rotatable bonds is 3. The normalized spacial score (nSPS) is 33.7. The first-order chi connectivity index (χ1) is 12.1. The maximum absolute atomic E-state index is 14.0. The van der Waals surface area contributed by atoms with E-state index in [0.717, 1.165) is 19.3 Å². The molecule has 5 heteroatoms. The number of halogens is 1.